The molecule has 2 aromatic heterocycles. The lowest BCUT2D eigenvalue weighted by Crippen LogP contribution is -2.07. The van der Waals surface area contributed by atoms with Crippen molar-refractivity contribution in [1.82, 2.24) is 19.5 Å². The maximum atomic E-state index is 6.29. The molecule has 0 unspecified atom stereocenters. The fourth-order valence-corrected chi connectivity index (χ4v) is 4.77. The summed E-state index contributed by atoms with van der Waals surface area (Å²) in [6.45, 7) is 2.13. The summed E-state index contributed by atoms with van der Waals surface area (Å²) in [7, 11) is 0. The minimum Gasteiger partial charge on any atom is -0.453 e. The number of imidazole rings is 1. The first-order chi connectivity index (χ1) is 16.8. The molecule has 0 spiro atoms. The molecule has 0 saturated carbocycles. The number of hydrogen-bond donors (Lipinski definition) is 0. The van der Waals surface area contributed by atoms with Gasteiger partial charge in [0.05, 0.1) is 33.6 Å². The topological polar surface area (TPSA) is 52.8 Å². The molecule has 0 fully saturated rings. The highest BCUT2D eigenvalue weighted by Gasteiger charge is 2.25. The van der Waals surface area contributed by atoms with Gasteiger partial charge in [-0.05, 0) is 42.5 Å². The van der Waals surface area contributed by atoms with E-state index in [-0.39, 0.29) is 0 Å². The summed E-state index contributed by atoms with van der Waals surface area (Å²) in [4.78, 5) is 15.0. The molecule has 0 aliphatic carbocycles. The van der Waals surface area contributed by atoms with Gasteiger partial charge in [-0.1, -0.05) is 55.5 Å². The third-order valence-electron chi connectivity index (χ3n) is 6.34. The van der Waals surface area contributed by atoms with Crippen LogP contribution in [-0.2, 0) is 6.42 Å². The van der Waals surface area contributed by atoms with E-state index in [1.807, 2.05) is 66.7 Å². The second-order valence-corrected chi connectivity index (χ2v) is 8.40. The first kappa shape index (κ1) is 19.0. The zero-order chi connectivity index (χ0) is 22.6. The van der Waals surface area contributed by atoms with Gasteiger partial charge in [0.25, 0.3) is 0 Å². The van der Waals surface area contributed by atoms with Crippen LogP contribution >= 0.6 is 0 Å². The van der Waals surface area contributed by atoms with E-state index in [0.717, 1.165) is 74.0 Å². The van der Waals surface area contributed by atoms with Gasteiger partial charge in [0.1, 0.15) is 11.3 Å². The second kappa shape index (κ2) is 7.25. The van der Waals surface area contributed by atoms with Crippen LogP contribution in [0.2, 0.25) is 0 Å². The van der Waals surface area contributed by atoms with Gasteiger partial charge >= 0.3 is 0 Å². The third kappa shape index (κ3) is 2.77. The molecule has 3 heterocycles. The van der Waals surface area contributed by atoms with Crippen molar-refractivity contribution in [3.05, 3.63) is 96.8 Å². The van der Waals surface area contributed by atoms with Crippen molar-refractivity contribution in [2.24, 2.45) is 0 Å². The molecule has 0 N–H and O–H groups in total. The van der Waals surface area contributed by atoms with Crippen LogP contribution in [0.25, 0.3) is 50.3 Å². The number of hydrogen-bond acceptors (Lipinski definition) is 4. The van der Waals surface area contributed by atoms with E-state index >= 15 is 0 Å². The van der Waals surface area contributed by atoms with E-state index in [1.54, 1.807) is 0 Å². The number of rotatable bonds is 3. The first-order valence-corrected chi connectivity index (χ1v) is 11.5. The Hall–Kier alpha value is -4.51. The standard InChI is InChI=1S/C29H20N4O/c1-2-26-30-22-13-8-14-25-29(22)33(26)23-17-19(15-16-24(23)34-25)28-27(18-9-4-3-5-10-18)31-20-11-6-7-12-21(20)32-28/h3-17H,2H2,1H3. The third-order valence-corrected chi connectivity index (χ3v) is 6.34. The van der Waals surface area contributed by atoms with E-state index < -0.39 is 0 Å². The van der Waals surface area contributed by atoms with Gasteiger partial charge in [0, 0.05) is 17.5 Å². The van der Waals surface area contributed by atoms with Gasteiger partial charge in [-0.2, -0.15) is 0 Å². The number of benzene rings is 4. The number of ether oxygens (including phenoxy) is 1. The Morgan fingerprint density at radius 3 is 2.12 bits per heavy atom. The summed E-state index contributed by atoms with van der Waals surface area (Å²) in [5.41, 5.74) is 8.42. The fourth-order valence-electron chi connectivity index (χ4n) is 4.77. The van der Waals surface area contributed by atoms with Gasteiger partial charge in [-0.3, -0.25) is 4.57 Å². The molecule has 7 rings (SSSR count). The molecule has 0 bridgehead atoms. The van der Waals surface area contributed by atoms with Crippen LogP contribution in [0.15, 0.2) is 91.0 Å². The van der Waals surface area contributed by atoms with Gasteiger partial charge < -0.3 is 4.74 Å². The number of nitrogens with zero attached hydrogens (tertiary/aromatic N) is 4. The Bertz CT molecular complexity index is 1720. The quantitative estimate of drug-likeness (QED) is 0.298. The molecule has 0 amide bonds. The summed E-state index contributed by atoms with van der Waals surface area (Å²) in [6.07, 6.45) is 0.822. The minimum atomic E-state index is 0.812. The molecule has 0 radical (unpaired) electrons. The monoisotopic (exact) mass is 440 g/mol. The maximum Gasteiger partial charge on any atom is 0.153 e. The van der Waals surface area contributed by atoms with Crippen molar-refractivity contribution in [3.8, 4) is 39.7 Å². The summed E-state index contributed by atoms with van der Waals surface area (Å²) in [5, 5.41) is 0. The normalized spacial score (nSPS) is 12.0. The molecule has 162 valence electrons. The molecule has 34 heavy (non-hydrogen) atoms. The van der Waals surface area contributed by atoms with Crippen molar-refractivity contribution < 1.29 is 4.74 Å². The number of aryl methyl sites for hydroxylation is 1. The van der Waals surface area contributed by atoms with Crippen LogP contribution in [0, 0.1) is 0 Å². The van der Waals surface area contributed by atoms with Gasteiger partial charge in [-0.25, -0.2) is 15.0 Å². The van der Waals surface area contributed by atoms with Crippen LogP contribution in [0.3, 0.4) is 0 Å². The van der Waals surface area contributed by atoms with E-state index in [4.69, 9.17) is 19.7 Å². The van der Waals surface area contributed by atoms with Crippen LogP contribution < -0.4 is 4.74 Å². The maximum absolute atomic E-state index is 6.29. The number of fused-ring (bicyclic) bond motifs is 3. The molecule has 5 heteroatoms. The summed E-state index contributed by atoms with van der Waals surface area (Å²) in [6, 6.07) is 30.5. The highest BCUT2D eigenvalue weighted by molar-refractivity contribution is 5.90. The Morgan fingerprint density at radius 1 is 0.647 bits per heavy atom. The largest absolute Gasteiger partial charge is 0.453 e. The lowest BCUT2D eigenvalue weighted by Gasteiger charge is -2.22. The first-order valence-electron chi connectivity index (χ1n) is 11.5. The Morgan fingerprint density at radius 2 is 1.35 bits per heavy atom. The van der Waals surface area contributed by atoms with E-state index in [2.05, 4.69) is 35.8 Å². The number of aromatic nitrogens is 4. The number of para-hydroxylation sites is 3. The van der Waals surface area contributed by atoms with Crippen LogP contribution in [0.1, 0.15) is 12.7 Å². The van der Waals surface area contributed by atoms with Crippen molar-refractivity contribution in [2.45, 2.75) is 13.3 Å². The van der Waals surface area contributed by atoms with Crippen LogP contribution in [0.4, 0.5) is 0 Å². The molecular formula is C29H20N4O. The van der Waals surface area contributed by atoms with Crippen molar-refractivity contribution >= 4 is 22.1 Å². The average molecular weight is 441 g/mol. The van der Waals surface area contributed by atoms with Crippen molar-refractivity contribution in [3.63, 3.8) is 0 Å². The minimum absolute atomic E-state index is 0.812. The highest BCUT2D eigenvalue weighted by atomic mass is 16.5. The molecule has 1 aliphatic rings. The molecule has 0 saturated heterocycles. The zero-order valence-corrected chi connectivity index (χ0v) is 18.6. The SMILES string of the molecule is CCc1nc2cccc3c2n1-c1cc(-c2nc4ccccc4nc2-c2ccccc2)ccc1O3. The van der Waals surface area contributed by atoms with E-state index in [1.165, 1.54) is 0 Å². The second-order valence-electron chi connectivity index (χ2n) is 8.40. The lowest BCUT2D eigenvalue weighted by atomic mass is 10.0. The summed E-state index contributed by atoms with van der Waals surface area (Å²) >= 11 is 0. The molecule has 0 atom stereocenters. The lowest BCUT2D eigenvalue weighted by molar-refractivity contribution is 0.474. The van der Waals surface area contributed by atoms with Crippen LogP contribution in [-0.4, -0.2) is 19.5 Å². The molecule has 1 aliphatic heterocycles. The van der Waals surface area contributed by atoms with Crippen molar-refractivity contribution in [2.75, 3.05) is 0 Å². The Labute approximate surface area is 196 Å². The van der Waals surface area contributed by atoms with Crippen LogP contribution in [0.5, 0.6) is 11.5 Å². The predicted octanol–water partition coefficient (Wildman–Crippen LogP) is 6.97. The Balaban J connectivity index is 1.50. The smallest absolute Gasteiger partial charge is 0.153 e. The zero-order valence-electron chi connectivity index (χ0n) is 18.6. The molecular weight excluding hydrogens is 420 g/mol. The average Bonchev–Trinajstić information content (AvgIpc) is 3.29. The van der Waals surface area contributed by atoms with Gasteiger partial charge in [-0.15, -0.1) is 0 Å². The van der Waals surface area contributed by atoms with E-state index in [0.29, 0.717) is 0 Å². The summed E-state index contributed by atoms with van der Waals surface area (Å²) in [5.74, 6) is 2.66. The van der Waals surface area contributed by atoms with Gasteiger partial charge in [0.2, 0.25) is 0 Å². The molecule has 4 aromatic carbocycles. The summed E-state index contributed by atoms with van der Waals surface area (Å²) < 4.78 is 8.51. The van der Waals surface area contributed by atoms with E-state index in [9.17, 15) is 0 Å². The molecule has 6 aromatic rings. The van der Waals surface area contributed by atoms with Gasteiger partial charge in [0.15, 0.2) is 11.5 Å². The fraction of sp³-hybridized carbons (Fsp3) is 0.0690. The predicted molar refractivity (Wildman–Crippen MR) is 134 cm³/mol. The molecule has 5 nitrogen and oxygen atoms in total. The van der Waals surface area contributed by atoms with Crippen molar-refractivity contribution in [1.29, 1.82) is 0 Å². The highest BCUT2D eigenvalue weighted by Crippen LogP contribution is 2.43. The Kier molecular flexibility index (Phi) is 4.05.